The summed E-state index contributed by atoms with van der Waals surface area (Å²) in [5.41, 5.74) is 0.865. The predicted molar refractivity (Wildman–Crippen MR) is 76.4 cm³/mol. The molecule has 1 saturated heterocycles. The second kappa shape index (κ2) is 7.08. The summed E-state index contributed by atoms with van der Waals surface area (Å²) in [6, 6.07) is 8.97. The second-order valence-electron chi connectivity index (χ2n) is 5.04. The van der Waals surface area contributed by atoms with Crippen LogP contribution in [0, 0.1) is 0 Å². The van der Waals surface area contributed by atoms with Gasteiger partial charge in [-0.25, -0.2) is 4.79 Å². The third-order valence-electron chi connectivity index (χ3n) is 3.51. The average Bonchev–Trinajstić information content (AvgIpc) is 2.48. The van der Waals surface area contributed by atoms with E-state index < -0.39 is 6.04 Å². The Bertz CT molecular complexity index is 458. The summed E-state index contributed by atoms with van der Waals surface area (Å²) >= 11 is 0. The lowest BCUT2D eigenvalue weighted by atomic mass is 9.94. The van der Waals surface area contributed by atoms with Crippen molar-refractivity contribution in [2.45, 2.75) is 38.6 Å². The lowest BCUT2D eigenvalue weighted by Crippen LogP contribution is -2.43. The van der Waals surface area contributed by atoms with Crippen molar-refractivity contribution in [1.82, 2.24) is 4.90 Å². The first-order chi connectivity index (χ1) is 9.74. The molecule has 1 aliphatic rings. The number of likely N-dealkylation sites (tertiary alicyclic amines) is 1. The van der Waals surface area contributed by atoms with Crippen LogP contribution in [0.5, 0.6) is 0 Å². The molecule has 1 atom stereocenters. The van der Waals surface area contributed by atoms with Crippen LogP contribution in [0.25, 0.3) is 0 Å². The zero-order valence-electron chi connectivity index (χ0n) is 11.9. The SMILES string of the molecule is CCCCOC(=O)N1CCCC(=O)C1c1ccccc1. The molecule has 1 aromatic carbocycles. The number of hydrogen-bond acceptors (Lipinski definition) is 3. The van der Waals surface area contributed by atoms with Gasteiger partial charge in [0.1, 0.15) is 6.04 Å². The zero-order chi connectivity index (χ0) is 14.4. The molecular weight excluding hydrogens is 254 g/mol. The van der Waals surface area contributed by atoms with Crippen LogP contribution < -0.4 is 0 Å². The molecule has 1 unspecified atom stereocenters. The van der Waals surface area contributed by atoms with Gasteiger partial charge in [-0.3, -0.25) is 9.69 Å². The van der Waals surface area contributed by atoms with Crippen LogP contribution in [0.3, 0.4) is 0 Å². The zero-order valence-corrected chi connectivity index (χ0v) is 11.9. The molecule has 4 heteroatoms. The summed E-state index contributed by atoms with van der Waals surface area (Å²) in [6.07, 6.45) is 2.70. The highest BCUT2D eigenvalue weighted by Crippen LogP contribution is 2.28. The van der Waals surface area contributed by atoms with Gasteiger partial charge in [-0.15, -0.1) is 0 Å². The second-order valence-corrected chi connectivity index (χ2v) is 5.04. The monoisotopic (exact) mass is 275 g/mol. The number of piperidine rings is 1. The molecule has 0 saturated carbocycles. The van der Waals surface area contributed by atoms with Crippen LogP contribution in [0.1, 0.15) is 44.2 Å². The Morgan fingerprint density at radius 2 is 2.10 bits per heavy atom. The summed E-state index contributed by atoms with van der Waals surface area (Å²) in [6.45, 7) is 3.04. The third-order valence-corrected chi connectivity index (χ3v) is 3.51. The van der Waals surface area contributed by atoms with Crippen molar-refractivity contribution in [2.75, 3.05) is 13.2 Å². The summed E-state index contributed by atoms with van der Waals surface area (Å²) in [7, 11) is 0. The molecule has 1 heterocycles. The molecule has 0 N–H and O–H groups in total. The number of hydrogen-bond donors (Lipinski definition) is 0. The highest BCUT2D eigenvalue weighted by atomic mass is 16.6. The Balaban J connectivity index is 2.12. The molecule has 2 rings (SSSR count). The fourth-order valence-corrected chi connectivity index (χ4v) is 2.45. The molecule has 0 aromatic heterocycles. The van der Waals surface area contributed by atoms with Crippen molar-refractivity contribution < 1.29 is 14.3 Å². The van der Waals surface area contributed by atoms with E-state index in [4.69, 9.17) is 4.74 Å². The maximum Gasteiger partial charge on any atom is 0.410 e. The first kappa shape index (κ1) is 14.6. The minimum atomic E-state index is -0.487. The molecule has 1 fully saturated rings. The van der Waals surface area contributed by atoms with Crippen molar-refractivity contribution in [3.05, 3.63) is 35.9 Å². The molecule has 4 nitrogen and oxygen atoms in total. The smallest absolute Gasteiger partial charge is 0.410 e. The summed E-state index contributed by atoms with van der Waals surface area (Å²) in [5.74, 6) is 0.0925. The molecule has 1 aromatic rings. The van der Waals surface area contributed by atoms with Crippen molar-refractivity contribution >= 4 is 11.9 Å². The summed E-state index contributed by atoms with van der Waals surface area (Å²) in [4.78, 5) is 25.9. The van der Waals surface area contributed by atoms with Crippen molar-refractivity contribution in [3.63, 3.8) is 0 Å². The van der Waals surface area contributed by atoms with E-state index in [0.29, 0.717) is 26.0 Å². The predicted octanol–water partition coefficient (Wildman–Crippen LogP) is 3.33. The molecule has 0 bridgehead atoms. The van der Waals surface area contributed by atoms with Crippen LogP contribution in [0.4, 0.5) is 4.79 Å². The van der Waals surface area contributed by atoms with Gasteiger partial charge in [-0.05, 0) is 18.4 Å². The molecule has 0 radical (unpaired) electrons. The minimum Gasteiger partial charge on any atom is -0.449 e. The molecule has 1 aliphatic heterocycles. The molecule has 20 heavy (non-hydrogen) atoms. The molecule has 0 aliphatic carbocycles. The number of rotatable bonds is 4. The fraction of sp³-hybridized carbons (Fsp3) is 0.500. The maximum absolute atomic E-state index is 12.2. The van der Waals surface area contributed by atoms with E-state index in [1.54, 1.807) is 4.90 Å². The Morgan fingerprint density at radius 1 is 1.35 bits per heavy atom. The fourth-order valence-electron chi connectivity index (χ4n) is 2.45. The topological polar surface area (TPSA) is 46.6 Å². The number of nitrogens with zero attached hydrogens (tertiary/aromatic N) is 1. The van der Waals surface area contributed by atoms with E-state index in [9.17, 15) is 9.59 Å². The van der Waals surface area contributed by atoms with E-state index in [-0.39, 0.29) is 11.9 Å². The van der Waals surface area contributed by atoms with Crippen LogP contribution in [-0.2, 0) is 9.53 Å². The van der Waals surface area contributed by atoms with Gasteiger partial charge in [0.05, 0.1) is 6.61 Å². The van der Waals surface area contributed by atoms with Gasteiger partial charge in [0.2, 0.25) is 0 Å². The summed E-state index contributed by atoms with van der Waals surface area (Å²) in [5, 5.41) is 0. The number of unbranched alkanes of at least 4 members (excludes halogenated alkanes) is 1. The standard InChI is InChI=1S/C16H21NO3/c1-2-3-12-20-16(19)17-11-7-10-14(18)15(17)13-8-5-4-6-9-13/h4-6,8-9,15H,2-3,7,10-12H2,1H3. The van der Waals surface area contributed by atoms with Gasteiger partial charge >= 0.3 is 6.09 Å². The van der Waals surface area contributed by atoms with Gasteiger partial charge in [-0.2, -0.15) is 0 Å². The quantitative estimate of drug-likeness (QED) is 0.792. The number of ketones is 1. The highest BCUT2D eigenvalue weighted by molar-refractivity contribution is 5.89. The molecule has 0 spiro atoms. The highest BCUT2D eigenvalue weighted by Gasteiger charge is 2.34. The number of benzene rings is 1. The number of amides is 1. The number of carbonyl (C=O) groups is 2. The lowest BCUT2D eigenvalue weighted by molar-refractivity contribution is -0.126. The summed E-state index contributed by atoms with van der Waals surface area (Å²) < 4.78 is 5.26. The first-order valence-corrected chi connectivity index (χ1v) is 7.25. The largest absolute Gasteiger partial charge is 0.449 e. The number of ether oxygens (including phenoxy) is 1. The van der Waals surface area contributed by atoms with Crippen LogP contribution in [-0.4, -0.2) is 29.9 Å². The Hall–Kier alpha value is -1.84. The average molecular weight is 275 g/mol. The van der Waals surface area contributed by atoms with Crippen molar-refractivity contribution in [2.24, 2.45) is 0 Å². The Labute approximate surface area is 119 Å². The van der Waals surface area contributed by atoms with Crippen molar-refractivity contribution in [3.8, 4) is 0 Å². The van der Waals surface area contributed by atoms with E-state index in [1.807, 2.05) is 37.3 Å². The van der Waals surface area contributed by atoms with Crippen LogP contribution in [0.2, 0.25) is 0 Å². The Morgan fingerprint density at radius 3 is 2.80 bits per heavy atom. The van der Waals surface area contributed by atoms with Gasteiger partial charge in [0.15, 0.2) is 5.78 Å². The van der Waals surface area contributed by atoms with Gasteiger partial charge in [0.25, 0.3) is 0 Å². The van der Waals surface area contributed by atoms with E-state index >= 15 is 0 Å². The van der Waals surface area contributed by atoms with E-state index in [1.165, 1.54) is 0 Å². The first-order valence-electron chi connectivity index (χ1n) is 7.25. The Kier molecular flexibility index (Phi) is 5.16. The van der Waals surface area contributed by atoms with Gasteiger partial charge in [-0.1, -0.05) is 43.7 Å². The lowest BCUT2D eigenvalue weighted by Gasteiger charge is -2.34. The molecule has 1 amide bonds. The van der Waals surface area contributed by atoms with E-state index in [0.717, 1.165) is 18.4 Å². The molecular formula is C16H21NO3. The number of carbonyl (C=O) groups excluding carboxylic acids is 2. The maximum atomic E-state index is 12.2. The van der Waals surface area contributed by atoms with Gasteiger partial charge < -0.3 is 4.74 Å². The van der Waals surface area contributed by atoms with Crippen LogP contribution in [0.15, 0.2) is 30.3 Å². The van der Waals surface area contributed by atoms with Gasteiger partial charge in [0, 0.05) is 13.0 Å². The number of Topliss-reactive ketones (excluding diaryl/α,β-unsaturated/α-hetero) is 1. The van der Waals surface area contributed by atoms with Crippen LogP contribution >= 0.6 is 0 Å². The minimum absolute atomic E-state index is 0.0925. The third kappa shape index (κ3) is 3.38. The van der Waals surface area contributed by atoms with E-state index in [2.05, 4.69) is 0 Å². The normalized spacial score (nSPS) is 18.9. The van der Waals surface area contributed by atoms with Crippen molar-refractivity contribution in [1.29, 1.82) is 0 Å². The molecule has 108 valence electrons.